The molecule has 0 aliphatic carbocycles. The molecule has 0 spiro atoms. The van der Waals surface area contributed by atoms with Crippen LogP contribution >= 0.6 is 11.6 Å². The third-order valence-electron chi connectivity index (χ3n) is 2.66. The normalized spacial score (nSPS) is 22.3. The van der Waals surface area contributed by atoms with Crippen LogP contribution in [0.4, 0.5) is 4.39 Å². The third-order valence-corrected chi connectivity index (χ3v) is 2.95. The average molecular weight is 214 g/mol. The van der Waals surface area contributed by atoms with Crippen LogP contribution in [0.2, 0.25) is 5.02 Å². The van der Waals surface area contributed by atoms with Crippen molar-refractivity contribution < 1.29 is 4.39 Å². The summed E-state index contributed by atoms with van der Waals surface area (Å²) in [5, 5.41) is 3.62. The predicted octanol–water partition coefficient (Wildman–Crippen LogP) is 3.29. The molecule has 76 valence electrons. The first-order valence-electron chi connectivity index (χ1n) is 4.96. The van der Waals surface area contributed by atoms with Crippen molar-refractivity contribution in [1.82, 2.24) is 5.32 Å². The summed E-state index contributed by atoms with van der Waals surface area (Å²) in [5.74, 6) is -0.341. The van der Waals surface area contributed by atoms with Crippen molar-refractivity contribution in [2.45, 2.75) is 25.3 Å². The second-order valence-corrected chi connectivity index (χ2v) is 4.08. The van der Waals surface area contributed by atoms with Gasteiger partial charge in [0.1, 0.15) is 5.82 Å². The van der Waals surface area contributed by atoms with E-state index in [2.05, 4.69) is 5.32 Å². The summed E-state index contributed by atoms with van der Waals surface area (Å²) in [6.07, 6.45) is 3.57. The standard InChI is InChI=1S/C11H13ClFN/c12-9-7-8(4-5-10(9)13)11-3-1-2-6-14-11/h4-5,7,11,14H,1-3,6H2. The summed E-state index contributed by atoms with van der Waals surface area (Å²) in [5.41, 5.74) is 1.09. The van der Waals surface area contributed by atoms with Crippen LogP contribution in [0.1, 0.15) is 30.9 Å². The van der Waals surface area contributed by atoms with E-state index in [0.717, 1.165) is 18.5 Å². The van der Waals surface area contributed by atoms with E-state index < -0.39 is 0 Å². The van der Waals surface area contributed by atoms with Gasteiger partial charge in [0.2, 0.25) is 0 Å². The fraction of sp³-hybridized carbons (Fsp3) is 0.455. The van der Waals surface area contributed by atoms with Crippen LogP contribution < -0.4 is 5.32 Å². The molecule has 0 radical (unpaired) electrons. The number of nitrogens with one attached hydrogen (secondary N) is 1. The second-order valence-electron chi connectivity index (χ2n) is 3.68. The van der Waals surface area contributed by atoms with Crippen LogP contribution in [0, 0.1) is 5.82 Å². The highest BCUT2D eigenvalue weighted by atomic mass is 35.5. The molecule has 1 atom stereocenters. The van der Waals surface area contributed by atoms with Crippen molar-refractivity contribution >= 4 is 11.6 Å². The number of hydrogen-bond acceptors (Lipinski definition) is 1. The zero-order chi connectivity index (χ0) is 9.97. The maximum atomic E-state index is 12.9. The Labute approximate surface area is 88.3 Å². The Morgan fingerprint density at radius 1 is 1.36 bits per heavy atom. The number of hydrogen-bond donors (Lipinski definition) is 1. The smallest absolute Gasteiger partial charge is 0.141 e. The maximum absolute atomic E-state index is 12.9. The molecule has 1 fully saturated rings. The van der Waals surface area contributed by atoms with Gasteiger partial charge in [0.05, 0.1) is 5.02 Å². The first-order chi connectivity index (χ1) is 6.77. The molecule has 0 aromatic heterocycles. The summed E-state index contributed by atoms with van der Waals surface area (Å²) < 4.78 is 12.9. The Kier molecular flexibility index (Phi) is 3.04. The topological polar surface area (TPSA) is 12.0 Å². The summed E-state index contributed by atoms with van der Waals surface area (Å²) in [6, 6.07) is 5.32. The molecule has 3 heteroatoms. The number of rotatable bonds is 1. The Morgan fingerprint density at radius 3 is 2.86 bits per heavy atom. The van der Waals surface area contributed by atoms with Gasteiger partial charge in [-0.3, -0.25) is 0 Å². The molecule has 0 amide bonds. The highest BCUT2D eigenvalue weighted by Gasteiger charge is 2.15. The second kappa shape index (κ2) is 4.28. The van der Waals surface area contributed by atoms with Gasteiger partial charge >= 0.3 is 0 Å². The predicted molar refractivity (Wildman–Crippen MR) is 56.0 cm³/mol. The Morgan fingerprint density at radius 2 is 2.21 bits per heavy atom. The molecular weight excluding hydrogens is 201 g/mol. The van der Waals surface area contributed by atoms with Crippen molar-refractivity contribution in [2.24, 2.45) is 0 Å². The van der Waals surface area contributed by atoms with Crippen LogP contribution in [0.3, 0.4) is 0 Å². The minimum atomic E-state index is -0.341. The van der Waals surface area contributed by atoms with Gasteiger partial charge in [-0.05, 0) is 37.1 Å². The first-order valence-corrected chi connectivity index (χ1v) is 5.33. The Balaban J connectivity index is 2.18. The summed E-state index contributed by atoms with van der Waals surface area (Å²) >= 11 is 5.73. The zero-order valence-corrected chi connectivity index (χ0v) is 8.65. The fourth-order valence-electron chi connectivity index (χ4n) is 1.87. The van der Waals surface area contributed by atoms with Crippen molar-refractivity contribution in [1.29, 1.82) is 0 Å². The lowest BCUT2D eigenvalue weighted by molar-refractivity contribution is 0.412. The lowest BCUT2D eigenvalue weighted by atomic mass is 9.98. The number of halogens is 2. The molecule has 1 aliphatic rings. The van der Waals surface area contributed by atoms with E-state index in [0.29, 0.717) is 6.04 Å². The van der Waals surface area contributed by atoms with Gasteiger partial charge in [0.25, 0.3) is 0 Å². The van der Waals surface area contributed by atoms with Crippen LogP contribution in [0.15, 0.2) is 18.2 Å². The summed E-state index contributed by atoms with van der Waals surface area (Å²) in [6.45, 7) is 1.04. The van der Waals surface area contributed by atoms with E-state index in [-0.39, 0.29) is 10.8 Å². The van der Waals surface area contributed by atoms with Gasteiger partial charge in [-0.25, -0.2) is 4.39 Å². The molecule has 1 saturated heterocycles. The molecule has 1 nitrogen and oxygen atoms in total. The third kappa shape index (κ3) is 2.07. The minimum absolute atomic E-state index is 0.217. The van der Waals surface area contributed by atoms with Crippen LogP contribution in [0.5, 0.6) is 0 Å². The molecule has 1 aromatic rings. The number of piperidine rings is 1. The molecule has 0 bridgehead atoms. The maximum Gasteiger partial charge on any atom is 0.141 e. The lowest BCUT2D eigenvalue weighted by Crippen LogP contribution is -2.26. The van der Waals surface area contributed by atoms with E-state index in [1.807, 2.05) is 6.07 Å². The highest BCUT2D eigenvalue weighted by molar-refractivity contribution is 6.30. The molecule has 1 unspecified atom stereocenters. The van der Waals surface area contributed by atoms with Crippen LogP contribution in [0.25, 0.3) is 0 Å². The minimum Gasteiger partial charge on any atom is -0.310 e. The molecule has 1 aliphatic heterocycles. The summed E-state index contributed by atoms with van der Waals surface area (Å²) in [4.78, 5) is 0. The Hall–Kier alpha value is -0.600. The fourth-order valence-corrected chi connectivity index (χ4v) is 2.05. The van der Waals surface area contributed by atoms with Crippen LogP contribution in [-0.2, 0) is 0 Å². The molecule has 1 heterocycles. The van der Waals surface area contributed by atoms with E-state index in [9.17, 15) is 4.39 Å². The first kappa shape index (κ1) is 9.94. The van der Waals surface area contributed by atoms with E-state index in [1.165, 1.54) is 18.9 Å². The largest absolute Gasteiger partial charge is 0.310 e. The van der Waals surface area contributed by atoms with Crippen LogP contribution in [-0.4, -0.2) is 6.54 Å². The van der Waals surface area contributed by atoms with Gasteiger partial charge < -0.3 is 5.32 Å². The summed E-state index contributed by atoms with van der Waals surface area (Å²) in [7, 11) is 0. The monoisotopic (exact) mass is 213 g/mol. The van der Waals surface area contributed by atoms with Gasteiger partial charge in [0, 0.05) is 6.04 Å². The van der Waals surface area contributed by atoms with E-state index in [1.54, 1.807) is 6.07 Å². The molecule has 0 saturated carbocycles. The molecular formula is C11H13ClFN. The average Bonchev–Trinajstić information content (AvgIpc) is 2.23. The quantitative estimate of drug-likeness (QED) is 0.755. The lowest BCUT2D eigenvalue weighted by Gasteiger charge is -2.23. The Bertz CT molecular complexity index is 321. The van der Waals surface area contributed by atoms with Crippen molar-refractivity contribution in [3.8, 4) is 0 Å². The van der Waals surface area contributed by atoms with Gasteiger partial charge in [-0.2, -0.15) is 0 Å². The SMILES string of the molecule is Fc1ccc(C2CCCCN2)cc1Cl. The van der Waals surface area contributed by atoms with Crippen molar-refractivity contribution in [3.05, 3.63) is 34.6 Å². The van der Waals surface area contributed by atoms with E-state index in [4.69, 9.17) is 11.6 Å². The molecule has 1 aromatic carbocycles. The van der Waals surface area contributed by atoms with Gasteiger partial charge in [0.15, 0.2) is 0 Å². The van der Waals surface area contributed by atoms with Crippen molar-refractivity contribution in [2.75, 3.05) is 6.54 Å². The zero-order valence-electron chi connectivity index (χ0n) is 7.89. The highest BCUT2D eigenvalue weighted by Crippen LogP contribution is 2.26. The molecule has 2 rings (SSSR count). The van der Waals surface area contributed by atoms with Crippen molar-refractivity contribution in [3.63, 3.8) is 0 Å². The van der Waals surface area contributed by atoms with E-state index >= 15 is 0 Å². The molecule has 1 N–H and O–H groups in total. The van der Waals surface area contributed by atoms with Gasteiger partial charge in [-0.15, -0.1) is 0 Å². The molecule has 14 heavy (non-hydrogen) atoms. The van der Waals surface area contributed by atoms with Gasteiger partial charge in [-0.1, -0.05) is 24.1 Å². The number of benzene rings is 1.